The van der Waals surface area contributed by atoms with Crippen molar-refractivity contribution in [3.05, 3.63) is 133 Å². The molecule has 0 aromatic heterocycles. The number of benzene rings is 11. The third-order valence-electron chi connectivity index (χ3n) is 11.6. The summed E-state index contributed by atoms with van der Waals surface area (Å²) in [7, 11) is 0. The maximum Gasteiger partial charge on any atom is -0.000696 e. The summed E-state index contributed by atoms with van der Waals surface area (Å²) < 4.78 is 0. The Morgan fingerprint density at radius 3 is 0.739 bits per heavy atom. The zero-order valence-electron chi connectivity index (χ0n) is 24.7. The number of rotatable bonds is 0. The second-order valence-electron chi connectivity index (χ2n) is 13.4. The highest BCUT2D eigenvalue weighted by molar-refractivity contribution is 6.54. The topological polar surface area (TPSA) is 0 Å². The Hall–Kier alpha value is -5.98. The fourth-order valence-electron chi connectivity index (χ4n) is 9.97. The number of hydrogen-bond donors (Lipinski definition) is 0. The van der Waals surface area contributed by atoms with E-state index in [-0.39, 0.29) is 0 Å². The molecule has 0 fully saturated rings. The van der Waals surface area contributed by atoms with Gasteiger partial charge in [0.25, 0.3) is 0 Å². The van der Waals surface area contributed by atoms with E-state index in [2.05, 4.69) is 133 Å². The van der Waals surface area contributed by atoms with E-state index in [1.54, 1.807) is 0 Å². The second kappa shape index (κ2) is 7.28. The van der Waals surface area contributed by atoms with Crippen LogP contribution in [0.2, 0.25) is 0 Å². The lowest BCUT2D eigenvalue weighted by molar-refractivity contribution is 1.82. The van der Waals surface area contributed by atoms with Crippen LogP contribution in [0.3, 0.4) is 0 Å². The average Bonchev–Trinajstić information content (AvgIpc) is 3.62. The quantitative estimate of drug-likeness (QED) is 0.125. The Bertz CT molecular complexity index is 3220. The molecular formula is C46H22. The Kier molecular flexibility index (Phi) is 3.56. The van der Waals surface area contributed by atoms with Crippen LogP contribution in [-0.4, -0.2) is 0 Å². The Morgan fingerprint density at radius 1 is 0.152 bits per heavy atom. The van der Waals surface area contributed by atoms with Crippen molar-refractivity contribution in [2.45, 2.75) is 0 Å². The highest BCUT2D eigenvalue weighted by atomic mass is 14.3. The third kappa shape index (κ3) is 2.25. The molecule has 13 rings (SSSR count). The number of hydrogen-bond acceptors (Lipinski definition) is 0. The lowest BCUT2D eigenvalue weighted by Gasteiger charge is -2.22. The summed E-state index contributed by atoms with van der Waals surface area (Å²) in [5.74, 6) is 0. The van der Waals surface area contributed by atoms with Crippen LogP contribution in [0.25, 0.3) is 129 Å². The molecule has 0 heteroatoms. The first-order chi connectivity index (χ1) is 22.9. The van der Waals surface area contributed by atoms with Crippen molar-refractivity contribution >= 4 is 129 Å². The minimum absolute atomic E-state index is 1.34. The smallest absolute Gasteiger partial charge is 0.000696 e. The molecule has 13 aromatic rings. The van der Waals surface area contributed by atoms with Crippen molar-refractivity contribution in [3.63, 3.8) is 0 Å². The van der Waals surface area contributed by atoms with Crippen molar-refractivity contribution in [2.75, 3.05) is 0 Å². The third-order valence-corrected chi connectivity index (χ3v) is 11.6. The van der Waals surface area contributed by atoms with Crippen molar-refractivity contribution in [3.8, 4) is 0 Å². The lowest BCUT2D eigenvalue weighted by Crippen LogP contribution is -1.93. The van der Waals surface area contributed by atoms with E-state index >= 15 is 0 Å². The zero-order chi connectivity index (χ0) is 29.4. The standard InChI is InChI=1S/C46H22/c1-3-11-25-23(9-1)31-17-19-33-27-13-5-7-15-29(27)42-38-22-36-26-12-4-2-10-24(26)32-18-20-34-28-14-6-8-16-30(28)41(46(38)44(34)40(32)36)37-21-35(25)39(31)43(33)45(37)42/h1-22H. The van der Waals surface area contributed by atoms with Gasteiger partial charge in [0.15, 0.2) is 0 Å². The van der Waals surface area contributed by atoms with Gasteiger partial charge < -0.3 is 0 Å². The van der Waals surface area contributed by atoms with E-state index in [0.29, 0.717) is 0 Å². The van der Waals surface area contributed by atoms with Gasteiger partial charge in [-0.05, 0) is 141 Å². The Labute approximate surface area is 262 Å². The maximum absolute atomic E-state index is 2.56. The van der Waals surface area contributed by atoms with E-state index in [0.717, 1.165) is 0 Å². The molecule has 0 aliphatic heterocycles. The first-order valence-corrected chi connectivity index (χ1v) is 16.3. The summed E-state index contributed by atoms with van der Waals surface area (Å²) >= 11 is 0. The normalized spacial score (nSPS) is 13.2. The molecule has 0 bridgehead atoms. The van der Waals surface area contributed by atoms with Crippen LogP contribution in [0.15, 0.2) is 133 Å². The minimum Gasteiger partial charge on any atom is -0.0616 e. The summed E-state index contributed by atoms with van der Waals surface area (Å²) in [6, 6.07) is 51.0. The van der Waals surface area contributed by atoms with Gasteiger partial charge in [0.1, 0.15) is 0 Å². The van der Waals surface area contributed by atoms with E-state index in [1.165, 1.54) is 129 Å². The molecule has 0 amide bonds. The highest BCUT2D eigenvalue weighted by Crippen LogP contribution is 2.56. The summed E-state index contributed by atoms with van der Waals surface area (Å²) in [6.07, 6.45) is 0. The molecule has 0 unspecified atom stereocenters. The van der Waals surface area contributed by atoms with E-state index < -0.39 is 0 Å². The van der Waals surface area contributed by atoms with Crippen LogP contribution >= 0.6 is 0 Å². The molecule has 0 spiro atoms. The fraction of sp³-hybridized carbons (Fsp3) is 0. The average molecular weight is 575 g/mol. The van der Waals surface area contributed by atoms with Crippen molar-refractivity contribution in [1.82, 2.24) is 0 Å². The minimum atomic E-state index is 1.34. The molecule has 0 saturated carbocycles. The second-order valence-corrected chi connectivity index (χ2v) is 13.4. The summed E-state index contributed by atoms with van der Waals surface area (Å²) in [5, 5.41) is 33.0. The van der Waals surface area contributed by atoms with Gasteiger partial charge in [0, 0.05) is 0 Å². The molecule has 46 heavy (non-hydrogen) atoms. The summed E-state index contributed by atoms with van der Waals surface area (Å²) in [6.45, 7) is 0. The van der Waals surface area contributed by atoms with Gasteiger partial charge in [0.05, 0.1) is 0 Å². The van der Waals surface area contributed by atoms with E-state index in [1.807, 2.05) is 0 Å². The molecule has 0 N–H and O–H groups in total. The summed E-state index contributed by atoms with van der Waals surface area (Å²) in [5.41, 5.74) is 0. The molecule has 0 nitrogen and oxygen atoms in total. The van der Waals surface area contributed by atoms with E-state index in [4.69, 9.17) is 0 Å². The molecule has 0 radical (unpaired) electrons. The summed E-state index contributed by atoms with van der Waals surface area (Å²) in [4.78, 5) is 0. The van der Waals surface area contributed by atoms with Gasteiger partial charge >= 0.3 is 0 Å². The first-order valence-electron chi connectivity index (χ1n) is 16.3. The van der Waals surface area contributed by atoms with Crippen LogP contribution in [0.4, 0.5) is 0 Å². The predicted molar refractivity (Wildman–Crippen MR) is 201 cm³/mol. The Balaban J connectivity index is 1.51. The first kappa shape index (κ1) is 22.5. The fourth-order valence-corrected chi connectivity index (χ4v) is 9.97. The zero-order valence-corrected chi connectivity index (χ0v) is 24.7. The largest absolute Gasteiger partial charge is 0.0616 e. The van der Waals surface area contributed by atoms with Gasteiger partial charge in [-0.15, -0.1) is 0 Å². The van der Waals surface area contributed by atoms with Crippen LogP contribution < -0.4 is 0 Å². The molecule has 0 saturated heterocycles. The molecule has 0 aliphatic rings. The molecule has 0 heterocycles. The van der Waals surface area contributed by atoms with Gasteiger partial charge in [-0.25, -0.2) is 0 Å². The van der Waals surface area contributed by atoms with Gasteiger partial charge in [0.2, 0.25) is 0 Å². The molecular weight excluding hydrogens is 553 g/mol. The van der Waals surface area contributed by atoms with Gasteiger partial charge in [-0.3, -0.25) is 0 Å². The SMILES string of the molecule is c1ccc2c(c1)c1ccc3c4ccccc4c4c5cc6c7ccccc7c7ccc8c9ccccc9c(c9cc2c1c3c94)c5c8c76. The van der Waals surface area contributed by atoms with Crippen LogP contribution in [0.1, 0.15) is 0 Å². The molecule has 13 aromatic carbocycles. The van der Waals surface area contributed by atoms with Crippen LogP contribution in [-0.2, 0) is 0 Å². The molecule has 0 atom stereocenters. The van der Waals surface area contributed by atoms with Crippen molar-refractivity contribution in [1.29, 1.82) is 0 Å². The maximum atomic E-state index is 2.56. The highest BCUT2D eigenvalue weighted by Gasteiger charge is 2.27. The van der Waals surface area contributed by atoms with Crippen LogP contribution in [0.5, 0.6) is 0 Å². The van der Waals surface area contributed by atoms with Crippen molar-refractivity contribution < 1.29 is 0 Å². The van der Waals surface area contributed by atoms with Gasteiger partial charge in [-0.2, -0.15) is 0 Å². The van der Waals surface area contributed by atoms with Gasteiger partial charge in [-0.1, -0.05) is 121 Å². The van der Waals surface area contributed by atoms with Crippen molar-refractivity contribution in [2.24, 2.45) is 0 Å². The molecule has 206 valence electrons. The van der Waals surface area contributed by atoms with Crippen LogP contribution in [0, 0.1) is 0 Å². The molecule has 0 aliphatic carbocycles. The van der Waals surface area contributed by atoms with E-state index in [9.17, 15) is 0 Å². The number of fused-ring (bicyclic) bond motifs is 14. The Morgan fingerprint density at radius 2 is 0.370 bits per heavy atom. The predicted octanol–water partition coefficient (Wildman–Crippen LogP) is 13.3. The monoisotopic (exact) mass is 574 g/mol. The lowest BCUT2D eigenvalue weighted by atomic mass is 9.80.